The van der Waals surface area contributed by atoms with Crippen LogP contribution in [-0.2, 0) is 9.53 Å². The van der Waals surface area contributed by atoms with Gasteiger partial charge < -0.3 is 4.74 Å². The minimum absolute atomic E-state index is 0.276. The number of rotatable bonds is 0. The predicted octanol–water partition coefficient (Wildman–Crippen LogP) is 2.87. The molecule has 1 spiro atoms. The summed E-state index contributed by atoms with van der Waals surface area (Å²) in [5.41, 5.74) is 0.565. The largest absolute Gasteiger partial charge is 0.367 e. The van der Waals surface area contributed by atoms with Crippen molar-refractivity contribution in [1.82, 2.24) is 0 Å². The van der Waals surface area contributed by atoms with Gasteiger partial charge in [0.25, 0.3) is 0 Å². The maximum absolute atomic E-state index is 12.0. The van der Waals surface area contributed by atoms with Gasteiger partial charge in [-0.05, 0) is 46.1 Å². The number of Topliss-reactive ketones (excluding diaryl/α,β-unsaturated/α-hetero) is 1. The molecular formula is C13H20O2. The zero-order valence-electron chi connectivity index (χ0n) is 10.1. The van der Waals surface area contributed by atoms with E-state index in [9.17, 15) is 4.79 Å². The van der Waals surface area contributed by atoms with Crippen LogP contribution in [0, 0.1) is 5.41 Å². The molecule has 0 amide bonds. The molecular weight excluding hydrogens is 188 g/mol. The van der Waals surface area contributed by atoms with Gasteiger partial charge in [0.2, 0.25) is 0 Å². The lowest BCUT2D eigenvalue weighted by atomic mass is 9.63. The Morgan fingerprint density at radius 2 is 2.13 bits per heavy atom. The molecule has 2 aliphatic rings. The second-order valence-electron chi connectivity index (χ2n) is 5.43. The highest BCUT2D eigenvalue weighted by Gasteiger charge is 2.56. The van der Waals surface area contributed by atoms with Crippen molar-refractivity contribution in [2.75, 3.05) is 0 Å². The van der Waals surface area contributed by atoms with Crippen LogP contribution in [0.25, 0.3) is 0 Å². The summed E-state index contributed by atoms with van der Waals surface area (Å²) in [5, 5.41) is 0. The third kappa shape index (κ3) is 1.31. The van der Waals surface area contributed by atoms with Gasteiger partial charge in [0.05, 0.1) is 11.5 Å². The summed E-state index contributed by atoms with van der Waals surface area (Å²) in [6, 6.07) is 0. The van der Waals surface area contributed by atoms with Crippen LogP contribution in [0.15, 0.2) is 11.6 Å². The summed E-state index contributed by atoms with van der Waals surface area (Å²) in [6.07, 6.45) is 4.93. The molecule has 0 N–H and O–H groups in total. The van der Waals surface area contributed by atoms with Gasteiger partial charge >= 0.3 is 0 Å². The number of carbonyl (C=O) groups is 1. The maximum Gasteiger partial charge on any atom is 0.145 e. The number of hydrogen-bond acceptors (Lipinski definition) is 2. The van der Waals surface area contributed by atoms with E-state index in [1.165, 1.54) is 5.57 Å². The summed E-state index contributed by atoms with van der Waals surface area (Å²) in [7, 11) is 0. The first-order valence-corrected chi connectivity index (χ1v) is 5.78. The molecule has 1 fully saturated rings. The van der Waals surface area contributed by atoms with Crippen LogP contribution in [0.1, 0.15) is 47.0 Å². The van der Waals surface area contributed by atoms with E-state index in [2.05, 4.69) is 13.8 Å². The molecule has 0 saturated carbocycles. The normalized spacial score (nSPS) is 39.6. The van der Waals surface area contributed by atoms with Crippen molar-refractivity contribution in [3.8, 4) is 0 Å². The minimum atomic E-state index is -0.364. The minimum Gasteiger partial charge on any atom is -0.367 e. The molecule has 1 aliphatic heterocycles. The maximum atomic E-state index is 12.0. The molecule has 15 heavy (non-hydrogen) atoms. The van der Waals surface area contributed by atoms with Crippen LogP contribution in [0.2, 0.25) is 0 Å². The SMILES string of the molecule is CC1=CCC(=O)C(C)(C)C12CCC(C)O2. The average molecular weight is 208 g/mol. The number of ether oxygens (including phenoxy) is 1. The fraction of sp³-hybridized carbons (Fsp3) is 0.769. The summed E-state index contributed by atoms with van der Waals surface area (Å²) in [6.45, 7) is 8.26. The summed E-state index contributed by atoms with van der Waals surface area (Å²) < 4.78 is 6.10. The van der Waals surface area contributed by atoms with E-state index < -0.39 is 0 Å². The standard InChI is InChI=1S/C13H20O2/c1-9-5-6-11(14)12(3,4)13(9)8-7-10(2)15-13/h5,10H,6-8H2,1-4H3. The smallest absolute Gasteiger partial charge is 0.145 e. The lowest BCUT2D eigenvalue weighted by Gasteiger charge is -2.46. The highest BCUT2D eigenvalue weighted by atomic mass is 16.5. The Morgan fingerprint density at radius 3 is 2.67 bits per heavy atom. The molecule has 84 valence electrons. The summed E-state index contributed by atoms with van der Waals surface area (Å²) in [4.78, 5) is 12.0. The van der Waals surface area contributed by atoms with E-state index in [1.54, 1.807) is 0 Å². The Kier molecular flexibility index (Phi) is 2.30. The Labute approximate surface area is 91.7 Å². The molecule has 2 heteroatoms. The van der Waals surface area contributed by atoms with Crippen molar-refractivity contribution in [3.05, 3.63) is 11.6 Å². The zero-order valence-corrected chi connectivity index (χ0v) is 10.1. The Bertz CT molecular complexity index is 327. The number of ketones is 1. The van der Waals surface area contributed by atoms with Crippen molar-refractivity contribution in [3.63, 3.8) is 0 Å². The van der Waals surface area contributed by atoms with Crippen molar-refractivity contribution < 1.29 is 9.53 Å². The fourth-order valence-corrected chi connectivity index (χ4v) is 3.00. The van der Waals surface area contributed by atoms with Gasteiger partial charge in [-0.25, -0.2) is 0 Å². The van der Waals surface area contributed by atoms with Gasteiger partial charge in [0.15, 0.2) is 0 Å². The molecule has 0 aromatic heterocycles. The van der Waals surface area contributed by atoms with Crippen LogP contribution < -0.4 is 0 Å². The first-order chi connectivity index (χ1) is 6.90. The molecule has 2 nitrogen and oxygen atoms in total. The molecule has 2 rings (SSSR count). The van der Waals surface area contributed by atoms with E-state index in [4.69, 9.17) is 4.74 Å². The van der Waals surface area contributed by atoms with Gasteiger partial charge in [-0.2, -0.15) is 0 Å². The van der Waals surface area contributed by atoms with Crippen molar-refractivity contribution in [1.29, 1.82) is 0 Å². The van der Waals surface area contributed by atoms with Crippen LogP contribution in [0.3, 0.4) is 0 Å². The van der Waals surface area contributed by atoms with E-state index in [-0.39, 0.29) is 17.1 Å². The molecule has 0 bridgehead atoms. The Hall–Kier alpha value is -0.630. The van der Waals surface area contributed by atoms with Gasteiger partial charge in [0.1, 0.15) is 11.4 Å². The molecule has 2 unspecified atom stereocenters. The molecule has 0 aromatic rings. The molecule has 0 aromatic carbocycles. The average Bonchev–Trinajstić information content (AvgIpc) is 2.55. The Balaban J connectivity index is 2.47. The van der Waals surface area contributed by atoms with E-state index in [0.29, 0.717) is 12.2 Å². The molecule has 1 aliphatic carbocycles. The lowest BCUT2D eigenvalue weighted by Crippen LogP contribution is -2.52. The fourth-order valence-electron chi connectivity index (χ4n) is 3.00. The zero-order chi connectivity index (χ0) is 11.3. The van der Waals surface area contributed by atoms with Crippen LogP contribution in [-0.4, -0.2) is 17.5 Å². The number of hydrogen-bond donors (Lipinski definition) is 0. The second-order valence-corrected chi connectivity index (χ2v) is 5.43. The van der Waals surface area contributed by atoms with E-state index >= 15 is 0 Å². The first kappa shape index (κ1) is 10.9. The molecule has 0 radical (unpaired) electrons. The highest BCUT2D eigenvalue weighted by Crippen LogP contribution is 2.51. The Morgan fingerprint density at radius 1 is 1.47 bits per heavy atom. The van der Waals surface area contributed by atoms with Crippen LogP contribution >= 0.6 is 0 Å². The van der Waals surface area contributed by atoms with Gasteiger partial charge in [0, 0.05) is 6.42 Å². The van der Waals surface area contributed by atoms with E-state index in [1.807, 2.05) is 19.9 Å². The van der Waals surface area contributed by atoms with Gasteiger partial charge in [-0.15, -0.1) is 0 Å². The van der Waals surface area contributed by atoms with Gasteiger partial charge in [-0.1, -0.05) is 6.08 Å². The second kappa shape index (κ2) is 3.18. The third-order valence-corrected chi connectivity index (χ3v) is 4.24. The van der Waals surface area contributed by atoms with Crippen LogP contribution in [0.5, 0.6) is 0 Å². The third-order valence-electron chi connectivity index (χ3n) is 4.24. The molecule has 1 saturated heterocycles. The molecule has 1 heterocycles. The number of carbonyl (C=O) groups excluding carboxylic acids is 1. The summed E-state index contributed by atoms with van der Waals surface area (Å²) in [5.74, 6) is 0.308. The summed E-state index contributed by atoms with van der Waals surface area (Å²) >= 11 is 0. The number of allylic oxidation sites excluding steroid dienone is 1. The van der Waals surface area contributed by atoms with Crippen molar-refractivity contribution >= 4 is 5.78 Å². The monoisotopic (exact) mass is 208 g/mol. The van der Waals surface area contributed by atoms with Gasteiger partial charge in [-0.3, -0.25) is 4.79 Å². The van der Waals surface area contributed by atoms with E-state index in [0.717, 1.165) is 12.8 Å². The quantitative estimate of drug-likeness (QED) is 0.572. The van der Waals surface area contributed by atoms with Crippen molar-refractivity contribution in [2.24, 2.45) is 5.41 Å². The highest BCUT2D eigenvalue weighted by molar-refractivity contribution is 5.89. The first-order valence-electron chi connectivity index (χ1n) is 5.78. The molecule has 2 atom stereocenters. The topological polar surface area (TPSA) is 26.3 Å². The van der Waals surface area contributed by atoms with Crippen LogP contribution in [0.4, 0.5) is 0 Å². The lowest BCUT2D eigenvalue weighted by molar-refractivity contribution is -0.146. The van der Waals surface area contributed by atoms with Crippen molar-refractivity contribution in [2.45, 2.75) is 58.7 Å². The predicted molar refractivity (Wildman–Crippen MR) is 59.7 cm³/mol.